The summed E-state index contributed by atoms with van der Waals surface area (Å²) in [5.41, 5.74) is 2.36. The highest BCUT2D eigenvalue weighted by Crippen LogP contribution is 2.35. The van der Waals surface area contributed by atoms with Crippen LogP contribution in [0.4, 0.5) is 5.95 Å². The summed E-state index contributed by atoms with van der Waals surface area (Å²) < 4.78 is 5.46. The molecule has 6 nitrogen and oxygen atoms in total. The zero-order valence-electron chi connectivity index (χ0n) is 12.3. The Bertz CT molecular complexity index is 607. The fraction of sp³-hybridized carbons (Fsp3) is 0.467. The Kier molecular flexibility index (Phi) is 3.94. The minimum absolute atomic E-state index is 0.126. The SMILES string of the molecule is CCNc1nc(OCC)nc(C2CCc3cccnc32)n1. The highest BCUT2D eigenvalue weighted by Gasteiger charge is 2.28. The van der Waals surface area contributed by atoms with E-state index in [4.69, 9.17) is 4.74 Å². The molecular formula is C15H19N5O. The predicted molar refractivity (Wildman–Crippen MR) is 79.6 cm³/mol. The van der Waals surface area contributed by atoms with Crippen LogP contribution in [0.2, 0.25) is 0 Å². The van der Waals surface area contributed by atoms with Gasteiger partial charge >= 0.3 is 6.01 Å². The molecule has 1 N–H and O–H groups in total. The van der Waals surface area contributed by atoms with E-state index in [0.29, 0.717) is 18.6 Å². The summed E-state index contributed by atoms with van der Waals surface area (Å²) in [5.74, 6) is 1.43. The minimum Gasteiger partial charge on any atom is -0.464 e. The number of pyridine rings is 1. The second-order valence-electron chi connectivity index (χ2n) is 4.90. The van der Waals surface area contributed by atoms with Crippen molar-refractivity contribution in [1.29, 1.82) is 0 Å². The Balaban J connectivity index is 1.98. The first kappa shape index (κ1) is 13.7. The van der Waals surface area contributed by atoms with Gasteiger partial charge in [0, 0.05) is 12.7 Å². The average molecular weight is 285 g/mol. The number of aromatic nitrogens is 4. The first-order chi connectivity index (χ1) is 10.3. The van der Waals surface area contributed by atoms with E-state index in [1.54, 1.807) is 0 Å². The molecule has 3 rings (SSSR count). The van der Waals surface area contributed by atoms with E-state index >= 15 is 0 Å². The Labute approximate surface area is 124 Å². The first-order valence-corrected chi connectivity index (χ1v) is 7.38. The van der Waals surface area contributed by atoms with Gasteiger partial charge in [-0.1, -0.05) is 6.07 Å². The van der Waals surface area contributed by atoms with Gasteiger partial charge in [-0.2, -0.15) is 15.0 Å². The van der Waals surface area contributed by atoms with E-state index in [1.807, 2.05) is 26.1 Å². The smallest absolute Gasteiger partial charge is 0.321 e. The van der Waals surface area contributed by atoms with E-state index in [-0.39, 0.29) is 5.92 Å². The van der Waals surface area contributed by atoms with Gasteiger partial charge in [-0.15, -0.1) is 0 Å². The fourth-order valence-electron chi connectivity index (χ4n) is 2.62. The number of aryl methyl sites for hydroxylation is 1. The van der Waals surface area contributed by atoms with E-state index in [9.17, 15) is 0 Å². The van der Waals surface area contributed by atoms with Gasteiger partial charge in [0.1, 0.15) is 5.82 Å². The second kappa shape index (κ2) is 6.03. The van der Waals surface area contributed by atoms with Crippen molar-refractivity contribution in [1.82, 2.24) is 19.9 Å². The Hall–Kier alpha value is -2.24. The summed E-state index contributed by atoms with van der Waals surface area (Å²) in [7, 11) is 0. The zero-order valence-corrected chi connectivity index (χ0v) is 12.3. The molecule has 1 unspecified atom stereocenters. The van der Waals surface area contributed by atoms with Crippen LogP contribution in [0, 0.1) is 0 Å². The molecule has 0 spiro atoms. The molecule has 0 fully saturated rings. The summed E-state index contributed by atoms with van der Waals surface area (Å²) in [5, 5.41) is 3.13. The number of rotatable bonds is 5. The van der Waals surface area contributed by atoms with Crippen molar-refractivity contribution in [3.63, 3.8) is 0 Å². The predicted octanol–water partition coefficient (Wildman–Crippen LogP) is 2.18. The molecule has 0 amide bonds. The number of nitrogens with one attached hydrogen (secondary N) is 1. The highest BCUT2D eigenvalue weighted by molar-refractivity contribution is 5.35. The van der Waals surface area contributed by atoms with Crippen LogP contribution in [-0.4, -0.2) is 33.1 Å². The Morgan fingerprint density at radius 1 is 1.29 bits per heavy atom. The molecule has 1 aliphatic rings. The maximum atomic E-state index is 5.46. The molecule has 0 aromatic carbocycles. The maximum absolute atomic E-state index is 5.46. The van der Waals surface area contributed by atoms with Gasteiger partial charge in [0.25, 0.3) is 0 Å². The van der Waals surface area contributed by atoms with Gasteiger partial charge in [-0.3, -0.25) is 4.98 Å². The summed E-state index contributed by atoms with van der Waals surface area (Å²) in [6.07, 6.45) is 3.82. The molecule has 0 aliphatic heterocycles. The van der Waals surface area contributed by atoms with Crippen LogP contribution in [0.15, 0.2) is 18.3 Å². The summed E-state index contributed by atoms with van der Waals surface area (Å²) in [6, 6.07) is 4.48. The standard InChI is InChI=1S/C15H19N5O/c1-3-16-14-18-13(19-15(20-14)21-4-2)11-8-7-10-6-5-9-17-12(10)11/h5-6,9,11H,3-4,7-8H2,1-2H3,(H,16,18,19,20). The van der Waals surface area contributed by atoms with Crippen LogP contribution in [0.5, 0.6) is 6.01 Å². The first-order valence-electron chi connectivity index (χ1n) is 7.38. The van der Waals surface area contributed by atoms with Crippen LogP contribution >= 0.6 is 0 Å². The molecule has 2 heterocycles. The van der Waals surface area contributed by atoms with Crippen molar-refractivity contribution in [3.05, 3.63) is 35.4 Å². The third kappa shape index (κ3) is 2.79. The van der Waals surface area contributed by atoms with E-state index in [1.165, 1.54) is 5.56 Å². The summed E-state index contributed by atoms with van der Waals surface area (Å²) in [4.78, 5) is 17.8. The molecule has 1 atom stereocenters. The second-order valence-corrected chi connectivity index (χ2v) is 4.90. The molecule has 0 saturated carbocycles. The number of hydrogen-bond acceptors (Lipinski definition) is 6. The third-order valence-electron chi connectivity index (χ3n) is 3.51. The molecule has 0 saturated heterocycles. The molecule has 21 heavy (non-hydrogen) atoms. The van der Waals surface area contributed by atoms with Crippen molar-refractivity contribution in [2.24, 2.45) is 0 Å². The summed E-state index contributed by atoms with van der Waals surface area (Å²) >= 11 is 0. The van der Waals surface area contributed by atoms with Gasteiger partial charge in [-0.05, 0) is 38.3 Å². The lowest BCUT2D eigenvalue weighted by Gasteiger charge is -2.12. The largest absolute Gasteiger partial charge is 0.464 e. The van der Waals surface area contributed by atoms with E-state index in [2.05, 4.69) is 31.3 Å². The maximum Gasteiger partial charge on any atom is 0.321 e. The van der Waals surface area contributed by atoms with Gasteiger partial charge in [-0.25, -0.2) is 0 Å². The van der Waals surface area contributed by atoms with Gasteiger partial charge in [0.15, 0.2) is 0 Å². The van der Waals surface area contributed by atoms with Crippen LogP contribution in [0.25, 0.3) is 0 Å². The highest BCUT2D eigenvalue weighted by atomic mass is 16.5. The summed E-state index contributed by atoms with van der Waals surface area (Å²) in [6.45, 7) is 5.22. The van der Waals surface area contributed by atoms with Crippen LogP contribution < -0.4 is 10.1 Å². The number of anilines is 1. The molecular weight excluding hydrogens is 266 g/mol. The number of nitrogens with zero attached hydrogens (tertiary/aromatic N) is 4. The van der Waals surface area contributed by atoms with E-state index < -0.39 is 0 Å². The Morgan fingerprint density at radius 3 is 3.00 bits per heavy atom. The van der Waals surface area contributed by atoms with Crippen molar-refractivity contribution < 1.29 is 4.74 Å². The van der Waals surface area contributed by atoms with Gasteiger partial charge < -0.3 is 10.1 Å². The molecule has 2 aromatic heterocycles. The van der Waals surface area contributed by atoms with Crippen LogP contribution in [-0.2, 0) is 6.42 Å². The molecule has 2 aromatic rings. The van der Waals surface area contributed by atoms with Crippen molar-refractivity contribution in [2.75, 3.05) is 18.5 Å². The molecule has 0 bridgehead atoms. The lowest BCUT2D eigenvalue weighted by molar-refractivity contribution is 0.309. The normalized spacial score (nSPS) is 16.6. The number of hydrogen-bond donors (Lipinski definition) is 1. The van der Waals surface area contributed by atoms with Crippen molar-refractivity contribution >= 4 is 5.95 Å². The quantitative estimate of drug-likeness (QED) is 0.907. The minimum atomic E-state index is 0.126. The third-order valence-corrected chi connectivity index (χ3v) is 3.51. The Morgan fingerprint density at radius 2 is 2.19 bits per heavy atom. The zero-order chi connectivity index (χ0) is 14.7. The fourth-order valence-corrected chi connectivity index (χ4v) is 2.62. The monoisotopic (exact) mass is 285 g/mol. The molecule has 0 radical (unpaired) electrons. The molecule has 110 valence electrons. The average Bonchev–Trinajstić information content (AvgIpc) is 2.92. The topological polar surface area (TPSA) is 72.8 Å². The lowest BCUT2D eigenvalue weighted by Crippen LogP contribution is -2.12. The molecule has 1 aliphatic carbocycles. The number of fused-ring (bicyclic) bond motifs is 1. The lowest BCUT2D eigenvalue weighted by atomic mass is 10.1. The van der Waals surface area contributed by atoms with Gasteiger partial charge in [0.2, 0.25) is 5.95 Å². The van der Waals surface area contributed by atoms with Crippen molar-refractivity contribution in [2.45, 2.75) is 32.6 Å². The molecule has 6 heteroatoms. The van der Waals surface area contributed by atoms with Crippen LogP contribution in [0.3, 0.4) is 0 Å². The van der Waals surface area contributed by atoms with Gasteiger partial charge in [0.05, 0.1) is 18.2 Å². The van der Waals surface area contributed by atoms with E-state index in [0.717, 1.165) is 30.9 Å². The number of ether oxygens (including phenoxy) is 1. The van der Waals surface area contributed by atoms with Crippen LogP contribution in [0.1, 0.15) is 43.3 Å². The van der Waals surface area contributed by atoms with Crippen molar-refractivity contribution in [3.8, 4) is 6.01 Å².